The normalized spacial score (nSPS) is 21.7. The Morgan fingerprint density at radius 1 is 1.34 bits per heavy atom. The maximum absolute atomic E-state index is 12.3. The van der Waals surface area contributed by atoms with Gasteiger partial charge in [0.15, 0.2) is 5.96 Å². The Kier molecular flexibility index (Phi) is 7.15. The molecule has 1 fully saturated rings. The molecule has 7 nitrogen and oxygen atoms in total. The third-order valence-corrected chi connectivity index (χ3v) is 5.88. The van der Waals surface area contributed by atoms with Crippen LogP contribution in [0.2, 0.25) is 0 Å². The third-order valence-electron chi connectivity index (χ3n) is 5.88. The number of nitrogens with zero attached hydrogens (tertiary/aromatic N) is 5. The highest BCUT2D eigenvalue weighted by Crippen LogP contribution is 2.28. The number of guanidine groups is 1. The number of para-hydroxylation sites is 1. The number of aromatic nitrogens is 2. The maximum Gasteiger partial charge on any atom is 0.231 e. The molecule has 2 aliphatic rings. The van der Waals surface area contributed by atoms with E-state index in [4.69, 9.17) is 0 Å². The Balaban J connectivity index is 0.00000240. The molecular weight excluding hydrogens is 479 g/mol. The lowest BCUT2D eigenvalue weighted by Crippen LogP contribution is -2.50. The number of anilines is 1. The van der Waals surface area contributed by atoms with E-state index in [0.29, 0.717) is 31.5 Å². The number of hydrogen-bond acceptors (Lipinski definition) is 3. The van der Waals surface area contributed by atoms with Gasteiger partial charge in [0.05, 0.1) is 18.8 Å². The summed E-state index contributed by atoms with van der Waals surface area (Å²) in [5.41, 5.74) is 2.15. The molecule has 0 saturated carbocycles. The van der Waals surface area contributed by atoms with Crippen molar-refractivity contribution in [1.29, 1.82) is 0 Å². The van der Waals surface area contributed by atoms with Gasteiger partial charge in [0, 0.05) is 51.3 Å². The van der Waals surface area contributed by atoms with Crippen molar-refractivity contribution in [2.75, 3.05) is 38.1 Å². The van der Waals surface area contributed by atoms with Gasteiger partial charge >= 0.3 is 0 Å². The summed E-state index contributed by atoms with van der Waals surface area (Å²) in [4.78, 5) is 25.2. The summed E-state index contributed by atoms with van der Waals surface area (Å²) in [5.74, 6) is 1.67. The van der Waals surface area contributed by atoms with Gasteiger partial charge in [-0.15, -0.1) is 24.0 Å². The lowest BCUT2D eigenvalue weighted by atomic mass is 9.93. The number of halogens is 1. The summed E-state index contributed by atoms with van der Waals surface area (Å²) in [6.07, 6.45) is 7.39. The summed E-state index contributed by atoms with van der Waals surface area (Å²) in [7, 11) is 1.82. The fourth-order valence-corrected chi connectivity index (χ4v) is 4.27. The van der Waals surface area contributed by atoms with Crippen LogP contribution in [0.3, 0.4) is 0 Å². The second-order valence-corrected chi connectivity index (χ2v) is 7.61. The van der Waals surface area contributed by atoms with Gasteiger partial charge in [-0.3, -0.25) is 9.79 Å². The monoisotopic (exact) mass is 508 g/mol. The number of aliphatic imine (C=N–C) groups is 1. The number of piperidine rings is 1. The molecule has 3 heterocycles. The van der Waals surface area contributed by atoms with E-state index in [1.54, 1.807) is 0 Å². The van der Waals surface area contributed by atoms with E-state index < -0.39 is 0 Å². The van der Waals surface area contributed by atoms with Crippen LogP contribution in [-0.4, -0.2) is 59.5 Å². The minimum atomic E-state index is 0. The number of nitrogens with one attached hydrogen (secondary N) is 1. The molecule has 2 unspecified atom stereocenters. The molecule has 2 aliphatic heterocycles. The number of amides is 1. The summed E-state index contributed by atoms with van der Waals surface area (Å²) in [6.45, 7) is 5.51. The smallest absolute Gasteiger partial charge is 0.231 e. The van der Waals surface area contributed by atoms with Gasteiger partial charge in [-0.1, -0.05) is 25.1 Å². The van der Waals surface area contributed by atoms with E-state index >= 15 is 0 Å². The molecule has 1 saturated heterocycles. The summed E-state index contributed by atoms with van der Waals surface area (Å²) >= 11 is 0. The van der Waals surface area contributed by atoms with Crippen molar-refractivity contribution >= 4 is 41.5 Å². The topological polar surface area (TPSA) is 65.8 Å². The van der Waals surface area contributed by atoms with E-state index in [0.717, 1.165) is 36.7 Å². The lowest BCUT2D eigenvalue weighted by Gasteiger charge is -2.39. The number of rotatable bonds is 4. The predicted octanol–water partition coefficient (Wildman–Crippen LogP) is 2.55. The number of carbonyl (C=O) groups excluding carboxylic acids is 1. The highest BCUT2D eigenvalue weighted by atomic mass is 127. The van der Waals surface area contributed by atoms with Crippen molar-refractivity contribution in [3.63, 3.8) is 0 Å². The van der Waals surface area contributed by atoms with E-state index in [1.807, 2.05) is 54.9 Å². The number of fused-ring (bicyclic) bond motifs is 1. The van der Waals surface area contributed by atoms with Crippen LogP contribution in [0.1, 0.15) is 24.9 Å². The molecule has 0 bridgehead atoms. The van der Waals surface area contributed by atoms with Crippen molar-refractivity contribution in [3.8, 4) is 0 Å². The highest BCUT2D eigenvalue weighted by molar-refractivity contribution is 14.0. The Hall–Kier alpha value is -2.10. The number of hydrogen-bond donors (Lipinski definition) is 1. The molecule has 1 amide bonds. The predicted molar refractivity (Wildman–Crippen MR) is 126 cm³/mol. The van der Waals surface area contributed by atoms with Crippen molar-refractivity contribution in [2.24, 2.45) is 10.9 Å². The Bertz CT molecular complexity index is 853. The molecule has 2 aromatic rings. The van der Waals surface area contributed by atoms with Crippen LogP contribution in [0.4, 0.5) is 5.69 Å². The number of benzene rings is 1. The average Bonchev–Trinajstić information content (AvgIpc) is 3.34. The minimum absolute atomic E-state index is 0. The molecule has 2 atom stereocenters. The van der Waals surface area contributed by atoms with Crippen molar-refractivity contribution in [2.45, 2.75) is 25.8 Å². The standard InChI is InChI=1S/C21H28N6O.HI/c1-16-7-10-25(14-19(16)26-11-8-23-15-26)21(22-2)24-9-12-27-18-6-4-3-5-17(18)13-20(27)28;/h3-6,8,11,15-16,19H,7,9-10,12-14H2,1-2H3,(H,22,24);1H. The average molecular weight is 508 g/mol. The van der Waals surface area contributed by atoms with E-state index in [-0.39, 0.29) is 29.9 Å². The van der Waals surface area contributed by atoms with Gasteiger partial charge in [0.1, 0.15) is 0 Å². The SMILES string of the molecule is CN=C(NCCN1C(=O)Cc2ccccc21)N1CCC(C)C(n2ccnc2)C1.I. The van der Waals surface area contributed by atoms with Crippen LogP contribution in [-0.2, 0) is 11.2 Å². The van der Waals surface area contributed by atoms with Crippen molar-refractivity contribution in [1.82, 2.24) is 19.8 Å². The highest BCUT2D eigenvalue weighted by Gasteiger charge is 2.29. The van der Waals surface area contributed by atoms with Gasteiger partial charge < -0.3 is 19.7 Å². The molecule has 1 N–H and O–H groups in total. The molecule has 4 rings (SSSR count). The zero-order valence-electron chi connectivity index (χ0n) is 17.0. The summed E-state index contributed by atoms with van der Waals surface area (Å²) in [6, 6.07) is 8.43. The van der Waals surface area contributed by atoms with Crippen molar-refractivity contribution in [3.05, 3.63) is 48.5 Å². The maximum atomic E-state index is 12.3. The Labute approximate surface area is 189 Å². The van der Waals surface area contributed by atoms with Gasteiger partial charge in [-0.25, -0.2) is 4.98 Å². The molecule has 0 spiro atoms. The number of likely N-dealkylation sites (tertiary alicyclic amines) is 1. The Morgan fingerprint density at radius 2 is 2.17 bits per heavy atom. The number of carbonyl (C=O) groups is 1. The molecule has 1 aromatic carbocycles. The van der Waals surface area contributed by atoms with Gasteiger partial charge in [-0.2, -0.15) is 0 Å². The van der Waals surface area contributed by atoms with E-state index in [2.05, 4.69) is 31.7 Å². The first-order chi connectivity index (χ1) is 13.7. The second kappa shape index (κ2) is 9.60. The molecule has 0 radical (unpaired) electrons. The fourth-order valence-electron chi connectivity index (χ4n) is 4.27. The molecule has 0 aliphatic carbocycles. The van der Waals surface area contributed by atoms with Crippen LogP contribution in [0.25, 0.3) is 0 Å². The first-order valence-corrected chi connectivity index (χ1v) is 9.98. The van der Waals surface area contributed by atoms with Crippen LogP contribution in [0.5, 0.6) is 0 Å². The lowest BCUT2D eigenvalue weighted by molar-refractivity contribution is -0.117. The molecule has 8 heteroatoms. The molecule has 156 valence electrons. The van der Waals surface area contributed by atoms with Crippen LogP contribution in [0.15, 0.2) is 48.0 Å². The minimum Gasteiger partial charge on any atom is -0.354 e. The van der Waals surface area contributed by atoms with Gasteiger partial charge in [0.25, 0.3) is 0 Å². The third kappa shape index (κ3) is 4.57. The first-order valence-electron chi connectivity index (χ1n) is 9.98. The molecule has 1 aromatic heterocycles. The zero-order chi connectivity index (χ0) is 19.5. The molecule has 29 heavy (non-hydrogen) atoms. The van der Waals surface area contributed by atoms with Crippen LogP contribution < -0.4 is 10.2 Å². The summed E-state index contributed by atoms with van der Waals surface area (Å²) in [5, 5.41) is 3.46. The fraction of sp³-hybridized carbons (Fsp3) is 0.476. The Morgan fingerprint density at radius 3 is 2.93 bits per heavy atom. The second-order valence-electron chi connectivity index (χ2n) is 7.61. The quantitative estimate of drug-likeness (QED) is 0.392. The molecular formula is C21H29IN6O. The van der Waals surface area contributed by atoms with Crippen LogP contribution >= 0.6 is 24.0 Å². The van der Waals surface area contributed by atoms with Gasteiger partial charge in [0.2, 0.25) is 5.91 Å². The van der Waals surface area contributed by atoms with Crippen molar-refractivity contribution < 1.29 is 4.79 Å². The van der Waals surface area contributed by atoms with Crippen LogP contribution in [0, 0.1) is 5.92 Å². The van der Waals surface area contributed by atoms with E-state index in [1.165, 1.54) is 0 Å². The van der Waals surface area contributed by atoms with Gasteiger partial charge in [-0.05, 0) is 24.0 Å². The van der Waals surface area contributed by atoms with E-state index in [9.17, 15) is 4.79 Å². The largest absolute Gasteiger partial charge is 0.354 e. The number of imidazole rings is 1. The first kappa shape index (κ1) is 21.6. The zero-order valence-corrected chi connectivity index (χ0v) is 19.3. The summed E-state index contributed by atoms with van der Waals surface area (Å²) < 4.78 is 2.20.